The van der Waals surface area contributed by atoms with E-state index in [1.165, 1.54) is 68.9 Å². The van der Waals surface area contributed by atoms with Crippen LogP contribution in [0.5, 0.6) is 0 Å². The van der Waals surface area contributed by atoms with Gasteiger partial charge in [0.05, 0.1) is 6.10 Å². The van der Waals surface area contributed by atoms with Crippen molar-refractivity contribution in [3.63, 3.8) is 0 Å². The molecule has 0 bridgehead atoms. The third kappa shape index (κ3) is 12.5. The smallest absolute Gasteiger partial charge is 0.0586 e. The number of aliphatic hydroxyl groups excluding tert-OH is 1. The molecule has 0 saturated carbocycles. The number of aliphatic hydroxyl groups is 1. The van der Waals surface area contributed by atoms with Gasteiger partial charge in [-0.2, -0.15) is 0 Å². The average Bonchev–Trinajstić information content (AvgIpc) is 2.84. The molecule has 0 amide bonds. The van der Waals surface area contributed by atoms with Crippen LogP contribution in [0.15, 0.2) is 58.2 Å². The van der Waals surface area contributed by atoms with Crippen molar-refractivity contribution in [3.05, 3.63) is 58.2 Å². The van der Waals surface area contributed by atoms with Crippen LogP contribution in [-0.4, -0.2) is 11.2 Å². The first-order valence-electron chi connectivity index (χ1n) is 16.8. The van der Waals surface area contributed by atoms with E-state index in [2.05, 4.69) is 111 Å². The Bertz CT molecular complexity index is 1040. The van der Waals surface area contributed by atoms with Crippen LogP contribution >= 0.6 is 0 Å². The average molecular weight is 561 g/mol. The second-order valence-electron chi connectivity index (χ2n) is 15.2. The molecule has 41 heavy (non-hydrogen) atoms. The summed E-state index contributed by atoms with van der Waals surface area (Å²) in [5.74, 6) is 8.90. The zero-order chi connectivity index (χ0) is 30.6. The number of rotatable bonds is 13. The van der Waals surface area contributed by atoms with Crippen LogP contribution in [0.2, 0.25) is 0 Å². The summed E-state index contributed by atoms with van der Waals surface area (Å²) in [6.45, 7) is 23.1. The van der Waals surface area contributed by atoms with Crippen molar-refractivity contribution in [2.24, 2.45) is 28.6 Å². The number of hydrogen-bond acceptors (Lipinski definition) is 1. The van der Waals surface area contributed by atoms with Crippen LogP contribution < -0.4 is 0 Å². The molecule has 1 heteroatoms. The van der Waals surface area contributed by atoms with Crippen molar-refractivity contribution in [3.8, 4) is 11.8 Å². The van der Waals surface area contributed by atoms with E-state index in [1.807, 2.05) is 0 Å². The predicted molar refractivity (Wildman–Crippen MR) is 182 cm³/mol. The molecular weight excluding hydrogens is 496 g/mol. The summed E-state index contributed by atoms with van der Waals surface area (Å²) < 4.78 is 0. The normalized spacial score (nSPS) is 23.6. The third-order valence-corrected chi connectivity index (χ3v) is 9.74. The SMILES string of the molecule is CC1=C(C#C/C(C)=C/C=C/C(C)C/C=C\CC(C)CCCC(C)CCC2=C(C)CCCC2(C)C)C(C)(C)C[C@H](O)C1. The van der Waals surface area contributed by atoms with Crippen molar-refractivity contribution in [2.75, 3.05) is 0 Å². The van der Waals surface area contributed by atoms with Gasteiger partial charge in [0, 0.05) is 11.0 Å². The Balaban J connectivity index is 1.66. The van der Waals surface area contributed by atoms with Gasteiger partial charge in [-0.1, -0.05) is 127 Å². The molecular formula is C40H64O. The van der Waals surface area contributed by atoms with Gasteiger partial charge < -0.3 is 5.11 Å². The molecule has 0 heterocycles. The fourth-order valence-electron chi connectivity index (χ4n) is 7.08. The maximum absolute atomic E-state index is 10.1. The van der Waals surface area contributed by atoms with Gasteiger partial charge in [-0.3, -0.25) is 0 Å². The van der Waals surface area contributed by atoms with E-state index in [0.717, 1.165) is 36.7 Å². The lowest BCUT2D eigenvalue weighted by Gasteiger charge is -2.35. The second kappa shape index (κ2) is 16.8. The summed E-state index contributed by atoms with van der Waals surface area (Å²) in [5.41, 5.74) is 7.35. The van der Waals surface area contributed by atoms with E-state index in [-0.39, 0.29) is 11.5 Å². The fraction of sp³-hybridized carbons (Fsp3) is 0.700. The van der Waals surface area contributed by atoms with Crippen molar-refractivity contribution in [1.29, 1.82) is 0 Å². The minimum Gasteiger partial charge on any atom is -0.393 e. The molecule has 0 radical (unpaired) electrons. The fourth-order valence-corrected chi connectivity index (χ4v) is 7.08. The molecule has 230 valence electrons. The van der Waals surface area contributed by atoms with Crippen LogP contribution in [0, 0.1) is 40.4 Å². The highest BCUT2D eigenvalue weighted by atomic mass is 16.3. The van der Waals surface area contributed by atoms with Gasteiger partial charge in [-0.15, -0.1) is 0 Å². The van der Waals surface area contributed by atoms with Crippen LogP contribution in [-0.2, 0) is 0 Å². The van der Waals surface area contributed by atoms with Gasteiger partial charge >= 0.3 is 0 Å². The minimum atomic E-state index is -0.237. The van der Waals surface area contributed by atoms with E-state index in [4.69, 9.17) is 0 Å². The van der Waals surface area contributed by atoms with Crippen molar-refractivity contribution in [1.82, 2.24) is 0 Å². The van der Waals surface area contributed by atoms with Gasteiger partial charge in [0.15, 0.2) is 0 Å². The van der Waals surface area contributed by atoms with Gasteiger partial charge in [0.2, 0.25) is 0 Å². The molecule has 0 aromatic carbocycles. The summed E-state index contributed by atoms with van der Waals surface area (Å²) in [5, 5.41) is 10.1. The van der Waals surface area contributed by atoms with Crippen LogP contribution in [0.4, 0.5) is 0 Å². The maximum atomic E-state index is 10.1. The molecule has 3 unspecified atom stereocenters. The standard InChI is InChI=1S/C40H64O/c1-30(18-13-20-32(3)23-25-37-34(5)22-15-27-39(37,7)8)16-11-12-17-31(2)19-14-21-33(4)24-26-38-35(6)28-36(41)29-40(38,9)10/h11-12,14,19,21,30-32,36,41H,13,15-18,20,22-23,25,27-29H2,1-10H3/b12-11-,19-14+,33-21+/t30?,31?,32?,36-/m1/s1. The molecule has 0 aromatic heterocycles. The van der Waals surface area contributed by atoms with Crippen LogP contribution in [0.25, 0.3) is 0 Å². The molecule has 1 N–H and O–H groups in total. The minimum absolute atomic E-state index is 0.0507. The highest BCUT2D eigenvalue weighted by Gasteiger charge is 2.32. The summed E-state index contributed by atoms with van der Waals surface area (Å²) in [6, 6.07) is 0. The van der Waals surface area contributed by atoms with Gasteiger partial charge in [-0.05, 0) is 107 Å². The molecule has 4 atom stereocenters. The molecule has 0 aromatic rings. The van der Waals surface area contributed by atoms with Gasteiger partial charge in [0.1, 0.15) is 0 Å². The topological polar surface area (TPSA) is 20.2 Å². The third-order valence-electron chi connectivity index (χ3n) is 9.74. The Kier molecular flexibility index (Phi) is 14.5. The first-order chi connectivity index (χ1) is 19.2. The molecule has 2 aliphatic rings. The second-order valence-corrected chi connectivity index (χ2v) is 15.2. The molecule has 2 aliphatic carbocycles. The summed E-state index contributed by atoms with van der Waals surface area (Å²) in [7, 11) is 0. The summed E-state index contributed by atoms with van der Waals surface area (Å²) in [4.78, 5) is 0. The zero-order valence-corrected chi connectivity index (χ0v) is 28.6. The molecule has 0 fully saturated rings. The lowest BCUT2D eigenvalue weighted by Crippen LogP contribution is -2.28. The molecule has 1 nitrogen and oxygen atoms in total. The summed E-state index contributed by atoms with van der Waals surface area (Å²) >= 11 is 0. The zero-order valence-electron chi connectivity index (χ0n) is 28.6. The highest BCUT2D eigenvalue weighted by molar-refractivity contribution is 5.44. The Morgan fingerprint density at radius 2 is 1.63 bits per heavy atom. The Morgan fingerprint density at radius 1 is 0.951 bits per heavy atom. The van der Waals surface area contributed by atoms with E-state index < -0.39 is 0 Å². The maximum Gasteiger partial charge on any atom is 0.0586 e. The lowest BCUT2D eigenvalue weighted by atomic mass is 9.70. The largest absolute Gasteiger partial charge is 0.393 e. The van der Waals surface area contributed by atoms with Gasteiger partial charge in [-0.25, -0.2) is 0 Å². The van der Waals surface area contributed by atoms with Crippen molar-refractivity contribution < 1.29 is 5.11 Å². The molecule has 0 spiro atoms. The van der Waals surface area contributed by atoms with E-state index in [1.54, 1.807) is 11.1 Å². The Hall–Kier alpha value is -1.78. The molecule has 0 saturated heterocycles. The van der Waals surface area contributed by atoms with Crippen molar-refractivity contribution >= 4 is 0 Å². The number of hydrogen-bond donors (Lipinski definition) is 1. The van der Waals surface area contributed by atoms with Gasteiger partial charge in [0.25, 0.3) is 0 Å². The van der Waals surface area contributed by atoms with E-state index in [0.29, 0.717) is 11.3 Å². The monoisotopic (exact) mass is 560 g/mol. The first-order valence-corrected chi connectivity index (χ1v) is 16.8. The van der Waals surface area contributed by atoms with Crippen LogP contribution in [0.3, 0.4) is 0 Å². The quantitative estimate of drug-likeness (QED) is 0.135. The number of allylic oxidation sites excluding steroid dienone is 9. The lowest BCUT2D eigenvalue weighted by molar-refractivity contribution is 0.117. The van der Waals surface area contributed by atoms with E-state index >= 15 is 0 Å². The summed E-state index contributed by atoms with van der Waals surface area (Å²) in [6.07, 6.45) is 25.8. The highest BCUT2D eigenvalue weighted by Crippen LogP contribution is 2.43. The molecule has 2 rings (SSSR count). The first kappa shape index (κ1) is 35.4. The Morgan fingerprint density at radius 3 is 2.32 bits per heavy atom. The van der Waals surface area contributed by atoms with Crippen LogP contribution in [0.1, 0.15) is 146 Å². The van der Waals surface area contributed by atoms with E-state index in [9.17, 15) is 5.11 Å². The van der Waals surface area contributed by atoms with Crippen molar-refractivity contribution in [2.45, 2.75) is 152 Å². The predicted octanol–water partition coefficient (Wildman–Crippen LogP) is 11.7. The Labute approximate surface area is 255 Å². The molecule has 0 aliphatic heterocycles.